The number of rotatable bonds is 4. The zero-order valence-corrected chi connectivity index (χ0v) is 12.5. The minimum Gasteiger partial charge on any atom is -0.370 e. The summed E-state index contributed by atoms with van der Waals surface area (Å²) >= 11 is 0. The van der Waals surface area contributed by atoms with E-state index in [9.17, 15) is 9.18 Å². The molecule has 1 amide bonds. The highest BCUT2D eigenvalue weighted by atomic mass is 19.1. The first kappa shape index (κ1) is 14.7. The monoisotopic (exact) mass is 299 g/mol. The number of hydrogen-bond acceptors (Lipinski definition) is 2. The van der Waals surface area contributed by atoms with E-state index in [1.165, 1.54) is 12.1 Å². The highest BCUT2D eigenvalue weighted by molar-refractivity contribution is 5.96. The van der Waals surface area contributed by atoms with Gasteiger partial charge in [0.25, 0.3) is 5.91 Å². The molecule has 1 aliphatic rings. The number of likely N-dealkylation sites (tertiary alicyclic amines) is 1. The number of halogens is 1. The first-order valence-electron chi connectivity index (χ1n) is 7.34. The summed E-state index contributed by atoms with van der Waals surface area (Å²) in [5.41, 5.74) is 2.53. The average molecular weight is 299 g/mol. The molecule has 0 radical (unpaired) electrons. The molecule has 4 heteroatoms. The molecule has 2 aromatic rings. The van der Waals surface area contributed by atoms with Crippen LogP contribution in [0.25, 0.3) is 0 Å². The minimum atomic E-state index is -0.258. The molecule has 114 valence electrons. The first-order chi connectivity index (χ1) is 10.6. The van der Waals surface area contributed by atoms with E-state index in [1.807, 2.05) is 37.3 Å². The Morgan fingerprint density at radius 2 is 2.00 bits per heavy atom. The van der Waals surface area contributed by atoms with Crippen LogP contribution in [0.15, 0.2) is 48.5 Å². The Kier molecular flexibility index (Phi) is 4.20. The molecule has 0 unspecified atom stereocenters. The SMILES string of the molecule is Cc1ccccc1C(=O)N1CC(OCc2cccc(F)c2)C1. The molecule has 0 atom stereocenters. The Hall–Kier alpha value is -2.20. The van der Waals surface area contributed by atoms with Crippen LogP contribution in [0.2, 0.25) is 0 Å². The van der Waals surface area contributed by atoms with Gasteiger partial charge in [-0.25, -0.2) is 4.39 Å². The van der Waals surface area contributed by atoms with Crippen molar-refractivity contribution in [2.45, 2.75) is 19.6 Å². The molecule has 1 saturated heterocycles. The van der Waals surface area contributed by atoms with Crippen LogP contribution in [0.4, 0.5) is 4.39 Å². The maximum atomic E-state index is 13.1. The summed E-state index contributed by atoms with van der Waals surface area (Å²) in [5.74, 6) is -0.213. The number of benzene rings is 2. The van der Waals surface area contributed by atoms with E-state index in [-0.39, 0.29) is 17.8 Å². The number of carbonyl (C=O) groups is 1. The summed E-state index contributed by atoms with van der Waals surface area (Å²) in [6.45, 7) is 3.48. The van der Waals surface area contributed by atoms with Gasteiger partial charge in [0.05, 0.1) is 12.7 Å². The van der Waals surface area contributed by atoms with E-state index >= 15 is 0 Å². The molecule has 22 heavy (non-hydrogen) atoms. The number of hydrogen-bond donors (Lipinski definition) is 0. The fourth-order valence-corrected chi connectivity index (χ4v) is 2.53. The van der Waals surface area contributed by atoms with Crippen LogP contribution in [-0.2, 0) is 11.3 Å². The molecule has 2 aromatic carbocycles. The molecule has 0 saturated carbocycles. The molecule has 1 aliphatic heterocycles. The van der Waals surface area contributed by atoms with Gasteiger partial charge in [0, 0.05) is 18.7 Å². The van der Waals surface area contributed by atoms with Gasteiger partial charge >= 0.3 is 0 Å². The average Bonchev–Trinajstić information content (AvgIpc) is 2.46. The fraction of sp³-hybridized carbons (Fsp3) is 0.278. The summed E-state index contributed by atoms with van der Waals surface area (Å²) in [5, 5.41) is 0. The summed E-state index contributed by atoms with van der Waals surface area (Å²) in [4.78, 5) is 14.1. The number of nitrogens with zero attached hydrogens (tertiary/aromatic N) is 1. The van der Waals surface area contributed by atoms with Crippen molar-refractivity contribution in [3.63, 3.8) is 0 Å². The molecule has 0 N–H and O–H groups in total. The second-order valence-corrected chi connectivity index (χ2v) is 5.59. The summed E-state index contributed by atoms with van der Waals surface area (Å²) in [7, 11) is 0. The molecule has 3 rings (SSSR count). The summed E-state index contributed by atoms with van der Waals surface area (Å²) in [6, 6.07) is 14.0. The number of amides is 1. The lowest BCUT2D eigenvalue weighted by Gasteiger charge is -2.39. The third-order valence-corrected chi connectivity index (χ3v) is 3.89. The van der Waals surface area contributed by atoms with Gasteiger partial charge in [-0.1, -0.05) is 30.3 Å². The summed E-state index contributed by atoms with van der Waals surface area (Å²) < 4.78 is 18.8. The van der Waals surface area contributed by atoms with Gasteiger partial charge in [0.15, 0.2) is 0 Å². The molecule has 0 bridgehead atoms. The molecule has 1 fully saturated rings. The third kappa shape index (κ3) is 3.17. The lowest BCUT2D eigenvalue weighted by atomic mass is 10.0. The molecule has 3 nitrogen and oxygen atoms in total. The smallest absolute Gasteiger partial charge is 0.254 e. The molecule has 0 aromatic heterocycles. The van der Waals surface area contributed by atoms with Gasteiger partial charge in [-0.3, -0.25) is 4.79 Å². The Bertz CT molecular complexity index is 680. The highest BCUT2D eigenvalue weighted by Gasteiger charge is 2.32. The van der Waals surface area contributed by atoms with Crippen molar-refractivity contribution in [2.75, 3.05) is 13.1 Å². The number of aryl methyl sites for hydroxylation is 1. The van der Waals surface area contributed by atoms with Gasteiger partial charge < -0.3 is 9.64 Å². The highest BCUT2D eigenvalue weighted by Crippen LogP contribution is 2.19. The predicted molar refractivity (Wildman–Crippen MR) is 82.1 cm³/mol. The van der Waals surface area contributed by atoms with E-state index in [0.717, 1.165) is 16.7 Å². The maximum absolute atomic E-state index is 13.1. The van der Waals surface area contributed by atoms with Crippen molar-refractivity contribution >= 4 is 5.91 Å². The van der Waals surface area contributed by atoms with Crippen LogP contribution in [0.1, 0.15) is 21.5 Å². The van der Waals surface area contributed by atoms with Crippen molar-refractivity contribution in [1.82, 2.24) is 4.90 Å². The predicted octanol–water partition coefficient (Wildman–Crippen LogP) is 3.18. The van der Waals surface area contributed by atoms with Gasteiger partial charge in [0.1, 0.15) is 5.82 Å². The molecular formula is C18H18FNO2. The Morgan fingerprint density at radius 3 is 2.73 bits per heavy atom. The molecule has 0 aliphatic carbocycles. The lowest BCUT2D eigenvalue weighted by molar-refractivity contribution is -0.0503. The Morgan fingerprint density at radius 1 is 1.23 bits per heavy atom. The van der Waals surface area contributed by atoms with E-state index in [2.05, 4.69) is 0 Å². The minimum absolute atomic E-state index is 0.0243. The van der Waals surface area contributed by atoms with Crippen molar-refractivity contribution in [3.05, 3.63) is 71.0 Å². The topological polar surface area (TPSA) is 29.5 Å². The largest absolute Gasteiger partial charge is 0.370 e. The third-order valence-electron chi connectivity index (χ3n) is 3.89. The van der Waals surface area contributed by atoms with E-state index in [0.29, 0.717) is 19.7 Å². The maximum Gasteiger partial charge on any atom is 0.254 e. The first-order valence-corrected chi connectivity index (χ1v) is 7.34. The van der Waals surface area contributed by atoms with E-state index < -0.39 is 0 Å². The summed E-state index contributed by atoms with van der Waals surface area (Å²) in [6.07, 6.45) is 0.0243. The van der Waals surface area contributed by atoms with Crippen molar-refractivity contribution < 1.29 is 13.9 Å². The quantitative estimate of drug-likeness (QED) is 0.868. The molecule has 1 heterocycles. The van der Waals surface area contributed by atoms with E-state index in [4.69, 9.17) is 4.74 Å². The Balaban J connectivity index is 1.50. The van der Waals surface area contributed by atoms with Crippen LogP contribution < -0.4 is 0 Å². The van der Waals surface area contributed by atoms with Crippen LogP contribution in [0.3, 0.4) is 0 Å². The van der Waals surface area contributed by atoms with Crippen molar-refractivity contribution in [3.8, 4) is 0 Å². The Labute approximate surface area is 129 Å². The number of ether oxygens (including phenoxy) is 1. The van der Waals surface area contributed by atoms with Crippen molar-refractivity contribution in [2.24, 2.45) is 0 Å². The van der Waals surface area contributed by atoms with Crippen LogP contribution >= 0.6 is 0 Å². The van der Waals surface area contributed by atoms with Gasteiger partial charge in [-0.15, -0.1) is 0 Å². The second-order valence-electron chi connectivity index (χ2n) is 5.59. The van der Waals surface area contributed by atoms with Crippen LogP contribution in [0.5, 0.6) is 0 Å². The zero-order chi connectivity index (χ0) is 15.5. The van der Waals surface area contributed by atoms with Gasteiger partial charge in [0.2, 0.25) is 0 Å². The van der Waals surface area contributed by atoms with Gasteiger partial charge in [-0.2, -0.15) is 0 Å². The normalized spacial score (nSPS) is 14.7. The molecule has 0 spiro atoms. The fourth-order valence-electron chi connectivity index (χ4n) is 2.53. The van der Waals surface area contributed by atoms with Crippen LogP contribution in [-0.4, -0.2) is 30.0 Å². The second kappa shape index (κ2) is 6.28. The van der Waals surface area contributed by atoms with Gasteiger partial charge in [-0.05, 0) is 36.2 Å². The standard InChI is InChI=1S/C18H18FNO2/c1-13-5-2-3-8-17(13)18(21)20-10-16(11-20)22-12-14-6-4-7-15(19)9-14/h2-9,16H,10-12H2,1H3. The zero-order valence-electron chi connectivity index (χ0n) is 12.5. The van der Waals surface area contributed by atoms with E-state index in [1.54, 1.807) is 11.0 Å². The van der Waals surface area contributed by atoms with Crippen molar-refractivity contribution in [1.29, 1.82) is 0 Å². The van der Waals surface area contributed by atoms with Crippen LogP contribution in [0, 0.1) is 12.7 Å². The lowest BCUT2D eigenvalue weighted by Crippen LogP contribution is -2.54. The number of carbonyl (C=O) groups excluding carboxylic acids is 1. The molecular weight excluding hydrogens is 281 g/mol.